The molecule has 1 aliphatic carbocycles. The zero-order valence-corrected chi connectivity index (χ0v) is 6.36. The fourth-order valence-corrected chi connectivity index (χ4v) is 1.43. The molecule has 1 fully saturated rings. The van der Waals surface area contributed by atoms with Gasteiger partial charge in [0.15, 0.2) is 0 Å². The van der Waals surface area contributed by atoms with Crippen LogP contribution < -0.4 is 0 Å². The van der Waals surface area contributed by atoms with E-state index >= 15 is 0 Å². The van der Waals surface area contributed by atoms with Crippen LogP contribution in [0.4, 0.5) is 0 Å². The summed E-state index contributed by atoms with van der Waals surface area (Å²) in [7, 11) is 2.87. The minimum Gasteiger partial charge on any atom is -0.147 e. The Morgan fingerprint density at radius 1 is 1.14 bits per heavy atom. The fourth-order valence-electron chi connectivity index (χ4n) is 0.957. The molecular formula is C5H12ClP. The molecule has 1 rings (SSSR count). The van der Waals surface area contributed by atoms with Crippen molar-refractivity contribution in [2.45, 2.75) is 31.3 Å². The van der Waals surface area contributed by atoms with Gasteiger partial charge in [0.25, 0.3) is 0 Å². The molecule has 0 aliphatic heterocycles. The standard InChI is InChI=1S/C5H11P.ClH/c6-5-3-1-2-4-5;/h5H,1-4,6H2;1H. The molecular weight excluding hydrogens is 126 g/mol. The lowest BCUT2D eigenvalue weighted by molar-refractivity contribution is 0.886. The Morgan fingerprint density at radius 2 is 1.57 bits per heavy atom. The lowest BCUT2D eigenvalue weighted by Crippen LogP contribution is -1.81. The van der Waals surface area contributed by atoms with Gasteiger partial charge in [0.05, 0.1) is 0 Å². The van der Waals surface area contributed by atoms with Gasteiger partial charge in [-0.25, -0.2) is 0 Å². The highest BCUT2D eigenvalue weighted by Gasteiger charge is 2.07. The van der Waals surface area contributed by atoms with Gasteiger partial charge in [-0.15, -0.1) is 21.6 Å². The summed E-state index contributed by atoms with van der Waals surface area (Å²) < 4.78 is 0. The molecule has 0 aromatic rings. The van der Waals surface area contributed by atoms with E-state index < -0.39 is 0 Å². The molecule has 0 heterocycles. The largest absolute Gasteiger partial charge is 0.147 e. The Hall–Kier alpha value is 0.720. The third-order valence-corrected chi connectivity index (χ3v) is 2.07. The van der Waals surface area contributed by atoms with Gasteiger partial charge in [-0.1, -0.05) is 12.8 Å². The first kappa shape index (κ1) is 7.72. The smallest absolute Gasteiger partial charge is 0.0264 e. The van der Waals surface area contributed by atoms with Crippen LogP contribution in [0.1, 0.15) is 25.7 Å². The van der Waals surface area contributed by atoms with Crippen LogP contribution in [-0.4, -0.2) is 5.66 Å². The van der Waals surface area contributed by atoms with Crippen LogP contribution in [-0.2, 0) is 0 Å². The number of hydrogen-bond acceptors (Lipinski definition) is 0. The molecule has 0 aromatic carbocycles. The van der Waals surface area contributed by atoms with Crippen molar-refractivity contribution in [3.05, 3.63) is 0 Å². The minimum absolute atomic E-state index is 0. The quantitative estimate of drug-likeness (QED) is 0.451. The molecule has 0 radical (unpaired) electrons. The molecule has 7 heavy (non-hydrogen) atoms. The maximum absolute atomic E-state index is 2.87. The Bertz CT molecular complexity index is 41.3. The van der Waals surface area contributed by atoms with Crippen LogP contribution in [0.2, 0.25) is 0 Å². The van der Waals surface area contributed by atoms with Gasteiger partial charge in [-0.3, -0.25) is 0 Å². The summed E-state index contributed by atoms with van der Waals surface area (Å²) in [5.74, 6) is 0. The van der Waals surface area contributed by atoms with Crippen LogP contribution in [0.15, 0.2) is 0 Å². The molecule has 0 spiro atoms. The first-order chi connectivity index (χ1) is 2.89. The summed E-state index contributed by atoms with van der Waals surface area (Å²) >= 11 is 0. The third-order valence-electron chi connectivity index (χ3n) is 1.40. The number of hydrogen-bond donors (Lipinski definition) is 0. The molecule has 0 nitrogen and oxygen atoms in total. The molecule has 1 saturated carbocycles. The predicted octanol–water partition coefficient (Wildman–Crippen LogP) is 2.23. The van der Waals surface area contributed by atoms with Gasteiger partial charge in [0.1, 0.15) is 0 Å². The van der Waals surface area contributed by atoms with Crippen molar-refractivity contribution < 1.29 is 0 Å². The fraction of sp³-hybridized carbons (Fsp3) is 1.00. The zero-order valence-electron chi connectivity index (χ0n) is 4.39. The highest BCUT2D eigenvalue weighted by Crippen LogP contribution is 2.24. The summed E-state index contributed by atoms with van der Waals surface area (Å²) in [6.07, 6.45) is 5.83. The lowest BCUT2D eigenvalue weighted by Gasteiger charge is -1.91. The van der Waals surface area contributed by atoms with Gasteiger partial charge in [0.2, 0.25) is 0 Å². The van der Waals surface area contributed by atoms with Crippen LogP contribution in [0.3, 0.4) is 0 Å². The van der Waals surface area contributed by atoms with Crippen LogP contribution in [0.25, 0.3) is 0 Å². The lowest BCUT2D eigenvalue weighted by atomic mass is 10.4. The van der Waals surface area contributed by atoms with Crippen LogP contribution in [0, 0.1) is 0 Å². The molecule has 0 N–H and O–H groups in total. The second-order valence-corrected chi connectivity index (χ2v) is 2.99. The normalized spacial score (nSPS) is 21.9. The second kappa shape index (κ2) is 3.69. The molecule has 2 heteroatoms. The number of rotatable bonds is 0. The van der Waals surface area contributed by atoms with Crippen molar-refractivity contribution >= 4 is 21.6 Å². The molecule has 0 aromatic heterocycles. The van der Waals surface area contributed by atoms with Crippen molar-refractivity contribution in [2.24, 2.45) is 0 Å². The van der Waals surface area contributed by atoms with Crippen molar-refractivity contribution in [3.63, 3.8) is 0 Å². The average molecular weight is 139 g/mol. The van der Waals surface area contributed by atoms with Gasteiger partial charge in [-0.05, 0) is 18.5 Å². The van der Waals surface area contributed by atoms with Crippen molar-refractivity contribution in [3.8, 4) is 0 Å². The highest BCUT2D eigenvalue weighted by atomic mass is 35.5. The van der Waals surface area contributed by atoms with E-state index in [0.717, 1.165) is 5.66 Å². The summed E-state index contributed by atoms with van der Waals surface area (Å²) in [6.45, 7) is 0. The van der Waals surface area contributed by atoms with E-state index in [2.05, 4.69) is 9.24 Å². The van der Waals surface area contributed by atoms with E-state index in [4.69, 9.17) is 0 Å². The topological polar surface area (TPSA) is 0 Å². The highest BCUT2D eigenvalue weighted by molar-refractivity contribution is 7.17. The van der Waals surface area contributed by atoms with E-state index in [1.54, 1.807) is 0 Å². The Labute approximate surface area is 53.7 Å². The molecule has 0 saturated heterocycles. The summed E-state index contributed by atoms with van der Waals surface area (Å²) in [5, 5.41) is 0. The Morgan fingerprint density at radius 3 is 1.71 bits per heavy atom. The maximum Gasteiger partial charge on any atom is -0.0264 e. The predicted molar refractivity (Wildman–Crippen MR) is 39.2 cm³/mol. The maximum atomic E-state index is 2.87. The first-order valence-electron chi connectivity index (χ1n) is 2.65. The molecule has 1 unspecified atom stereocenters. The van der Waals surface area contributed by atoms with Gasteiger partial charge < -0.3 is 0 Å². The molecule has 1 atom stereocenters. The summed E-state index contributed by atoms with van der Waals surface area (Å²) in [5.41, 5.74) is 0.963. The van der Waals surface area contributed by atoms with Crippen molar-refractivity contribution in [1.29, 1.82) is 0 Å². The SMILES string of the molecule is Cl.PC1CCCC1. The third kappa shape index (κ3) is 2.51. The molecule has 0 amide bonds. The minimum atomic E-state index is 0. The van der Waals surface area contributed by atoms with E-state index in [0.29, 0.717) is 0 Å². The molecule has 1 aliphatic rings. The second-order valence-electron chi connectivity index (χ2n) is 2.04. The van der Waals surface area contributed by atoms with Crippen molar-refractivity contribution in [2.75, 3.05) is 0 Å². The summed E-state index contributed by atoms with van der Waals surface area (Å²) in [6, 6.07) is 0. The van der Waals surface area contributed by atoms with E-state index in [-0.39, 0.29) is 12.4 Å². The van der Waals surface area contributed by atoms with Gasteiger partial charge in [-0.2, -0.15) is 0 Å². The first-order valence-corrected chi connectivity index (χ1v) is 3.32. The Balaban J connectivity index is 0.000000360. The molecule has 44 valence electrons. The van der Waals surface area contributed by atoms with E-state index in [1.165, 1.54) is 25.7 Å². The zero-order chi connectivity index (χ0) is 4.41. The Kier molecular flexibility index (Phi) is 4.07. The molecule has 0 bridgehead atoms. The van der Waals surface area contributed by atoms with Gasteiger partial charge in [0, 0.05) is 0 Å². The number of halogens is 1. The monoisotopic (exact) mass is 138 g/mol. The average Bonchev–Trinajstić information content (AvgIpc) is 1.86. The van der Waals surface area contributed by atoms with Crippen LogP contribution >= 0.6 is 21.6 Å². The van der Waals surface area contributed by atoms with Crippen LogP contribution in [0.5, 0.6) is 0 Å². The van der Waals surface area contributed by atoms with E-state index in [9.17, 15) is 0 Å². The van der Waals surface area contributed by atoms with Crippen molar-refractivity contribution in [1.82, 2.24) is 0 Å². The summed E-state index contributed by atoms with van der Waals surface area (Å²) in [4.78, 5) is 0. The van der Waals surface area contributed by atoms with E-state index in [1.807, 2.05) is 0 Å². The van der Waals surface area contributed by atoms with Gasteiger partial charge >= 0.3 is 0 Å².